The topological polar surface area (TPSA) is 64.9 Å². The predicted octanol–water partition coefficient (Wildman–Crippen LogP) is 3.19. The van der Waals surface area contributed by atoms with E-state index in [9.17, 15) is 4.39 Å². The largest absolute Gasteiger partial charge is 0.398 e. The van der Waals surface area contributed by atoms with Gasteiger partial charge in [-0.05, 0) is 29.6 Å². The van der Waals surface area contributed by atoms with Gasteiger partial charge in [0, 0.05) is 16.6 Å². The van der Waals surface area contributed by atoms with E-state index in [0.717, 1.165) is 5.56 Å². The van der Waals surface area contributed by atoms with Crippen LogP contribution in [0.25, 0.3) is 22.8 Å². The number of nitrogens with zero attached hydrogens (tertiary/aromatic N) is 2. The monoisotopic (exact) mass is 261 g/mol. The predicted molar refractivity (Wildman–Crippen MR) is 67.4 cm³/mol. The normalized spacial score (nSPS) is 10.7. The van der Waals surface area contributed by atoms with Gasteiger partial charge in [-0.2, -0.15) is 16.3 Å². The van der Waals surface area contributed by atoms with E-state index in [2.05, 4.69) is 10.1 Å². The van der Waals surface area contributed by atoms with Crippen molar-refractivity contribution in [3.05, 3.63) is 40.8 Å². The minimum atomic E-state index is -0.394. The van der Waals surface area contributed by atoms with Gasteiger partial charge in [0.2, 0.25) is 5.82 Å². The summed E-state index contributed by atoms with van der Waals surface area (Å²) in [7, 11) is 0. The highest BCUT2D eigenvalue weighted by Gasteiger charge is 2.13. The molecule has 0 saturated carbocycles. The van der Waals surface area contributed by atoms with Crippen molar-refractivity contribution in [2.24, 2.45) is 0 Å². The average Bonchev–Trinajstić information content (AvgIpc) is 3.00. The number of benzene rings is 1. The van der Waals surface area contributed by atoms with E-state index >= 15 is 0 Å². The number of aromatic nitrogens is 2. The Hall–Kier alpha value is -2.21. The molecule has 0 fully saturated rings. The number of anilines is 1. The molecule has 2 N–H and O–H groups in total. The summed E-state index contributed by atoms with van der Waals surface area (Å²) < 4.78 is 18.3. The van der Waals surface area contributed by atoms with Gasteiger partial charge in [-0.15, -0.1) is 0 Å². The Labute approximate surface area is 106 Å². The van der Waals surface area contributed by atoms with Gasteiger partial charge in [0.15, 0.2) is 0 Å². The van der Waals surface area contributed by atoms with Crippen LogP contribution < -0.4 is 5.73 Å². The lowest BCUT2D eigenvalue weighted by molar-refractivity contribution is 0.432. The van der Waals surface area contributed by atoms with E-state index in [4.69, 9.17) is 10.3 Å². The average molecular weight is 261 g/mol. The molecule has 0 aliphatic carbocycles. The summed E-state index contributed by atoms with van der Waals surface area (Å²) in [5, 5.41) is 7.67. The van der Waals surface area contributed by atoms with Gasteiger partial charge in [-0.25, -0.2) is 4.39 Å². The highest BCUT2D eigenvalue weighted by Crippen LogP contribution is 2.27. The molecular weight excluding hydrogens is 253 g/mol. The smallest absolute Gasteiger partial charge is 0.260 e. The zero-order valence-electron chi connectivity index (χ0n) is 9.13. The van der Waals surface area contributed by atoms with Crippen molar-refractivity contribution in [2.45, 2.75) is 0 Å². The molecule has 1 aromatic carbocycles. The molecule has 0 aliphatic rings. The molecule has 0 unspecified atom stereocenters. The summed E-state index contributed by atoms with van der Waals surface area (Å²) in [6.07, 6.45) is 0. The summed E-state index contributed by atoms with van der Waals surface area (Å²) >= 11 is 1.54. The van der Waals surface area contributed by atoms with E-state index in [1.165, 1.54) is 29.5 Å². The van der Waals surface area contributed by atoms with Gasteiger partial charge in [0.25, 0.3) is 5.89 Å². The fourth-order valence-electron chi connectivity index (χ4n) is 1.56. The fraction of sp³-hybridized carbons (Fsp3) is 0. The molecule has 0 bridgehead atoms. The first kappa shape index (κ1) is 10.9. The maximum absolute atomic E-state index is 13.2. The van der Waals surface area contributed by atoms with Crippen LogP contribution in [0.3, 0.4) is 0 Å². The van der Waals surface area contributed by atoms with Crippen molar-refractivity contribution in [3.8, 4) is 22.8 Å². The fourth-order valence-corrected chi connectivity index (χ4v) is 2.19. The molecule has 2 heterocycles. The van der Waals surface area contributed by atoms with Gasteiger partial charge in [0.05, 0.1) is 5.56 Å². The number of nitrogens with two attached hydrogens (primary N) is 1. The number of nitrogen functional groups attached to an aromatic ring is 1. The number of thiophene rings is 1. The molecule has 4 nitrogen and oxygen atoms in total. The highest BCUT2D eigenvalue weighted by atomic mass is 32.1. The lowest BCUT2D eigenvalue weighted by Crippen LogP contribution is -1.91. The molecule has 3 aromatic rings. The maximum Gasteiger partial charge on any atom is 0.260 e. The molecule has 18 heavy (non-hydrogen) atoms. The van der Waals surface area contributed by atoms with Crippen LogP contribution in [-0.4, -0.2) is 10.1 Å². The first-order valence-corrected chi connectivity index (χ1v) is 6.10. The molecular formula is C12H8FN3OS. The van der Waals surface area contributed by atoms with Crippen LogP contribution in [-0.2, 0) is 0 Å². The third-order valence-corrected chi connectivity index (χ3v) is 3.13. The highest BCUT2D eigenvalue weighted by molar-refractivity contribution is 7.08. The molecule has 0 radical (unpaired) electrons. The van der Waals surface area contributed by atoms with Crippen LogP contribution in [0.15, 0.2) is 39.5 Å². The van der Waals surface area contributed by atoms with Crippen molar-refractivity contribution in [3.63, 3.8) is 0 Å². The van der Waals surface area contributed by atoms with E-state index in [0.29, 0.717) is 17.1 Å². The second-order valence-electron chi connectivity index (χ2n) is 3.67. The van der Waals surface area contributed by atoms with Crippen LogP contribution in [0.5, 0.6) is 0 Å². The number of halogens is 1. The number of hydrogen-bond acceptors (Lipinski definition) is 5. The lowest BCUT2D eigenvalue weighted by Gasteiger charge is -1.99. The Morgan fingerprint density at radius 3 is 2.94 bits per heavy atom. The van der Waals surface area contributed by atoms with Crippen molar-refractivity contribution >= 4 is 17.0 Å². The second kappa shape index (κ2) is 4.23. The van der Waals surface area contributed by atoms with Crippen molar-refractivity contribution in [2.75, 3.05) is 5.73 Å². The van der Waals surface area contributed by atoms with Crippen LogP contribution in [0.1, 0.15) is 0 Å². The van der Waals surface area contributed by atoms with Crippen LogP contribution in [0.2, 0.25) is 0 Å². The Morgan fingerprint density at radius 2 is 2.17 bits per heavy atom. The van der Waals surface area contributed by atoms with E-state index in [-0.39, 0.29) is 5.89 Å². The Balaban J connectivity index is 2.05. The van der Waals surface area contributed by atoms with Gasteiger partial charge in [0.1, 0.15) is 5.82 Å². The number of rotatable bonds is 2. The third kappa shape index (κ3) is 1.86. The maximum atomic E-state index is 13.2. The van der Waals surface area contributed by atoms with E-state index < -0.39 is 5.82 Å². The summed E-state index contributed by atoms with van der Waals surface area (Å²) in [4.78, 5) is 4.21. The van der Waals surface area contributed by atoms with Crippen molar-refractivity contribution in [1.82, 2.24) is 10.1 Å². The lowest BCUT2D eigenvalue weighted by atomic mass is 10.2. The molecule has 0 atom stereocenters. The van der Waals surface area contributed by atoms with Gasteiger partial charge in [-0.3, -0.25) is 0 Å². The first-order valence-electron chi connectivity index (χ1n) is 5.16. The molecule has 6 heteroatoms. The minimum Gasteiger partial charge on any atom is -0.398 e. The molecule has 0 saturated heterocycles. The quantitative estimate of drug-likeness (QED) is 0.719. The standard InChI is InChI=1S/C12H8FN3OS/c13-8-1-2-10(14)9(5-8)12-15-11(16-17-12)7-3-4-18-6-7/h1-6H,14H2. The molecule has 90 valence electrons. The van der Waals surface area contributed by atoms with Gasteiger partial charge < -0.3 is 10.3 Å². The minimum absolute atomic E-state index is 0.216. The summed E-state index contributed by atoms with van der Waals surface area (Å²) in [6.45, 7) is 0. The van der Waals surface area contributed by atoms with Crippen LogP contribution >= 0.6 is 11.3 Å². The summed E-state index contributed by atoms with van der Waals surface area (Å²) in [5.74, 6) is 0.289. The molecule has 3 rings (SSSR count). The van der Waals surface area contributed by atoms with Gasteiger partial charge in [-0.1, -0.05) is 5.16 Å². The molecule has 2 aromatic heterocycles. The Kier molecular flexibility index (Phi) is 2.56. The molecule has 0 amide bonds. The Bertz CT molecular complexity index is 678. The van der Waals surface area contributed by atoms with Crippen molar-refractivity contribution < 1.29 is 8.91 Å². The van der Waals surface area contributed by atoms with Gasteiger partial charge >= 0.3 is 0 Å². The third-order valence-electron chi connectivity index (χ3n) is 2.45. The number of hydrogen-bond donors (Lipinski definition) is 1. The zero-order valence-corrected chi connectivity index (χ0v) is 9.95. The molecule has 0 spiro atoms. The second-order valence-corrected chi connectivity index (χ2v) is 4.45. The zero-order chi connectivity index (χ0) is 12.5. The SMILES string of the molecule is Nc1ccc(F)cc1-c1nc(-c2ccsc2)no1. The first-order chi connectivity index (χ1) is 8.74. The summed E-state index contributed by atoms with van der Waals surface area (Å²) in [6, 6.07) is 5.92. The van der Waals surface area contributed by atoms with Crippen LogP contribution in [0.4, 0.5) is 10.1 Å². The Morgan fingerprint density at radius 1 is 1.28 bits per heavy atom. The summed E-state index contributed by atoms with van der Waals surface area (Å²) in [5.41, 5.74) is 7.43. The van der Waals surface area contributed by atoms with E-state index in [1.807, 2.05) is 16.8 Å². The molecule has 0 aliphatic heterocycles. The van der Waals surface area contributed by atoms with Crippen molar-refractivity contribution in [1.29, 1.82) is 0 Å². The van der Waals surface area contributed by atoms with E-state index in [1.54, 1.807) is 0 Å². The van der Waals surface area contributed by atoms with Crippen LogP contribution in [0, 0.1) is 5.82 Å².